The number of amides is 2. The molecule has 2 aromatic rings. The first-order valence-corrected chi connectivity index (χ1v) is 7.76. The van der Waals surface area contributed by atoms with Gasteiger partial charge in [-0.25, -0.2) is 9.78 Å². The van der Waals surface area contributed by atoms with Gasteiger partial charge in [-0.2, -0.15) is 0 Å². The van der Waals surface area contributed by atoms with Crippen molar-refractivity contribution in [3.63, 3.8) is 0 Å². The number of rotatable bonds is 5. The molecule has 1 aromatic carbocycles. The number of nitrogens with zero attached hydrogens (tertiary/aromatic N) is 1. The van der Waals surface area contributed by atoms with Crippen LogP contribution in [0.25, 0.3) is 0 Å². The summed E-state index contributed by atoms with van der Waals surface area (Å²) in [5.74, 6) is -1.97. The standard InChI is InChI=1S/C16H13Cl2N3O4/c1-8(25-16(24)12-6-10(17)7-13(18)21-12)15(23)20-11-4-2-9(3-5-11)14(19)22/h2-8H,1H3,(H2,19,22)(H,20,23)/t8-/m1/s1. The molecule has 0 saturated heterocycles. The maximum atomic E-state index is 12.1. The minimum atomic E-state index is -1.09. The van der Waals surface area contributed by atoms with Crippen molar-refractivity contribution in [1.29, 1.82) is 0 Å². The van der Waals surface area contributed by atoms with Crippen LogP contribution in [0.4, 0.5) is 5.69 Å². The molecule has 2 rings (SSSR count). The second-order valence-electron chi connectivity index (χ2n) is 4.97. The van der Waals surface area contributed by atoms with Crippen molar-refractivity contribution < 1.29 is 19.1 Å². The van der Waals surface area contributed by atoms with E-state index < -0.39 is 23.9 Å². The zero-order valence-electron chi connectivity index (χ0n) is 13.0. The number of hydrogen-bond donors (Lipinski definition) is 2. The first-order chi connectivity index (χ1) is 11.8. The van der Waals surface area contributed by atoms with Gasteiger partial charge in [-0.1, -0.05) is 23.2 Å². The lowest BCUT2D eigenvalue weighted by Gasteiger charge is -2.13. The van der Waals surface area contributed by atoms with Gasteiger partial charge < -0.3 is 15.8 Å². The summed E-state index contributed by atoms with van der Waals surface area (Å²) in [6.07, 6.45) is -1.09. The average Bonchev–Trinajstić information content (AvgIpc) is 2.54. The normalized spacial score (nSPS) is 11.5. The highest BCUT2D eigenvalue weighted by atomic mass is 35.5. The Morgan fingerprint density at radius 1 is 1.16 bits per heavy atom. The van der Waals surface area contributed by atoms with E-state index in [0.717, 1.165) is 0 Å². The van der Waals surface area contributed by atoms with E-state index in [-0.39, 0.29) is 15.9 Å². The molecule has 0 radical (unpaired) electrons. The van der Waals surface area contributed by atoms with E-state index >= 15 is 0 Å². The predicted octanol–water partition coefficient (Wildman–Crippen LogP) is 2.67. The Morgan fingerprint density at radius 3 is 2.36 bits per heavy atom. The minimum Gasteiger partial charge on any atom is -0.448 e. The number of ether oxygens (including phenoxy) is 1. The Balaban J connectivity index is 1.99. The van der Waals surface area contributed by atoms with Crippen LogP contribution in [0.15, 0.2) is 36.4 Å². The van der Waals surface area contributed by atoms with E-state index in [4.69, 9.17) is 33.7 Å². The number of esters is 1. The van der Waals surface area contributed by atoms with Crippen molar-refractivity contribution in [2.45, 2.75) is 13.0 Å². The van der Waals surface area contributed by atoms with Gasteiger partial charge in [-0.15, -0.1) is 0 Å². The number of nitrogens with one attached hydrogen (secondary N) is 1. The first-order valence-electron chi connectivity index (χ1n) is 7.01. The summed E-state index contributed by atoms with van der Waals surface area (Å²) in [6.45, 7) is 1.40. The fraction of sp³-hybridized carbons (Fsp3) is 0.125. The van der Waals surface area contributed by atoms with Gasteiger partial charge in [0.2, 0.25) is 5.91 Å². The monoisotopic (exact) mass is 381 g/mol. The molecule has 25 heavy (non-hydrogen) atoms. The van der Waals surface area contributed by atoms with Crippen molar-refractivity contribution in [2.75, 3.05) is 5.32 Å². The van der Waals surface area contributed by atoms with Crippen LogP contribution in [-0.4, -0.2) is 28.9 Å². The van der Waals surface area contributed by atoms with Gasteiger partial charge in [0.05, 0.1) is 0 Å². The molecule has 0 spiro atoms. The van der Waals surface area contributed by atoms with E-state index in [1.165, 1.54) is 43.3 Å². The summed E-state index contributed by atoms with van der Waals surface area (Å²) in [6, 6.07) is 8.59. The Labute approximate surface area is 153 Å². The van der Waals surface area contributed by atoms with Gasteiger partial charge in [0, 0.05) is 16.3 Å². The number of benzene rings is 1. The predicted molar refractivity (Wildman–Crippen MR) is 92.7 cm³/mol. The van der Waals surface area contributed by atoms with Crippen molar-refractivity contribution >= 4 is 46.7 Å². The van der Waals surface area contributed by atoms with E-state index in [2.05, 4.69) is 10.3 Å². The highest BCUT2D eigenvalue weighted by Gasteiger charge is 2.20. The third-order valence-electron chi connectivity index (χ3n) is 3.06. The van der Waals surface area contributed by atoms with Gasteiger partial charge in [-0.3, -0.25) is 9.59 Å². The fourth-order valence-corrected chi connectivity index (χ4v) is 2.28. The summed E-state index contributed by atoms with van der Waals surface area (Å²) >= 11 is 11.5. The van der Waals surface area contributed by atoms with Crippen molar-refractivity contribution in [1.82, 2.24) is 4.98 Å². The number of hydrogen-bond acceptors (Lipinski definition) is 5. The van der Waals surface area contributed by atoms with Crippen LogP contribution in [0.1, 0.15) is 27.8 Å². The molecule has 0 unspecified atom stereocenters. The second kappa shape index (κ2) is 7.96. The average molecular weight is 382 g/mol. The molecule has 3 N–H and O–H groups in total. The molecule has 9 heteroatoms. The summed E-state index contributed by atoms with van der Waals surface area (Å²) in [5, 5.41) is 2.80. The molecule has 0 aliphatic heterocycles. The van der Waals surface area contributed by atoms with Crippen LogP contribution in [0.2, 0.25) is 10.2 Å². The van der Waals surface area contributed by atoms with Crippen molar-refractivity contribution in [3.05, 3.63) is 57.8 Å². The molecular formula is C16H13Cl2N3O4. The van der Waals surface area contributed by atoms with Crippen LogP contribution in [-0.2, 0) is 9.53 Å². The largest absolute Gasteiger partial charge is 0.448 e. The van der Waals surface area contributed by atoms with E-state index in [1.54, 1.807) is 0 Å². The summed E-state index contributed by atoms with van der Waals surface area (Å²) in [4.78, 5) is 38.9. The maximum absolute atomic E-state index is 12.1. The number of anilines is 1. The molecule has 0 fully saturated rings. The fourth-order valence-electron chi connectivity index (χ4n) is 1.81. The number of carbonyl (C=O) groups is 3. The minimum absolute atomic E-state index is 0.0334. The lowest BCUT2D eigenvalue weighted by Crippen LogP contribution is -2.30. The zero-order valence-corrected chi connectivity index (χ0v) is 14.5. The zero-order chi connectivity index (χ0) is 18.6. The van der Waals surface area contributed by atoms with Crippen LogP contribution >= 0.6 is 23.2 Å². The van der Waals surface area contributed by atoms with Gasteiger partial charge in [0.25, 0.3) is 5.91 Å². The van der Waals surface area contributed by atoms with Gasteiger partial charge in [0.1, 0.15) is 5.15 Å². The Morgan fingerprint density at radius 2 is 1.80 bits per heavy atom. The molecule has 1 heterocycles. The molecule has 1 atom stereocenters. The third kappa shape index (κ3) is 5.17. The Bertz CT molecular complexity index is 804. The molecule has 7 nitrogen and oxygen atoms in total. The summed E-state index contributed by atoms with van der Waals surface area (Å²) < 4.78 is 5.04. The Hall–Kier alpha value is -2.64. The number of pyridine rings is 1. The van der Waals surface area contributed by atoms with Gasteiger partial charge in [-0.05, 0) is 43.3 Å². The molecule has 1 aromatic heterocycles. The number of halogens is 2. The van der Waals surface area contributed by atoms with Crippen LogP contribution < -0.4 is 11.1 Å². The number of primary amides is 1. The van der Waals surface area contributed by atoms with E-state index in [1.807, 2.05) is 0 Å². The third-order valence-corrected chi connectivity index (χ3v) is 3.47. The highest BCUT2D eigenvalue weighted by molar-refractivity contribution is 6.34. The quantitative estimate of drug-likeness (QED) is 0.610. The summed E-state index contributed by atoms with van der Waals surface area (Å²) in [7, 11) is 0. The topological polar surface area (TPSA) is 111 Å². The van der Waals surface area contributed by atoms with E-state index in [0.29, 0.717) is 11.3 Å². The molecular weight excluding hydrogens is 369 g/mol. The lowest BCUT2D eigenvalue weighted by molar-refractivity contribution is -0.123. The highest BCUT2D eigenvalue weighted by Crippen LogP contribution is 2.17. The molecule has 130 valence electrons. The number of nitrogens with two attached hydrogens (primary N) is 1. The SMILES string of the molecule is C[C@@H](OC(=O)c1cc(Cl)cc(Cl)n1)C(=O)Nc1ccc(C(N)=O)cc1. The van der Waals surface area contributed by atoms with Crippen LogP contribution in [0.3, 0.4) is 0 Å². The molecule has 0 bridgehead atoms. The summed E-state index contributed by atoms with van der Waals surface area (Å²) in [5.41, 5.74) is 5.75. The van der Waals surface area contributed by atoms with Crippen molar-refractivity contribution in [2.24, 2.45) is 5.73 Å². The van der Waals surface area contributed by atoms with Gasteiger partial charge in [0.15, 0.2) is 11.8 Å². The van der Waals surface area contributed by atoms with Crippen molar-refractivity contribution in [3.8, 4) is 0 Å². The van der Waals surface area contributed by atoms with Crippen LogP contribution in [0, 0.1) is 0 Å². The molecule has 0 aliphatic rings. The smallest absolute Gasteiger partial charge is 0.357 e. The maximum Gasteiger partial charge on any atom is 0.357 e. The van der Waals surface area contributed by atoms with Gasteiger partial charge >= 0.3 is 5.97 Å². The van der Waals surface area contributed by atoms with E-state index in [9.17, 15) is 14.4 Å². The molecule has 0 saturated carbocycles. The first kappa shape index (κ1) is 18.7. The number of aromatic nitrogens is 1. The Kier molecular flexibility index (Phi) is 5.95. The second-order valence-corrected chi connectivity index (χ2v) is 5.80. The van der Waals surface area contributed by atoms with Crippen LogP contribution in [0.5, 0.6) is 0 Å². The molecule has 2 amide bonds. The lowest BCUT2D eigenvalue weighted by atomic mass is 10.2. The number of carbonyl (C=O) groups excluding carboxylic acids is 3. The molecule has 0 aliphatic carbocycles.